The van der Waals surface area contributed by atoms with Crippen molar-refractivity contribution in [2.75, 3.05) is 0 Å². The van der Waals surface area contributed by atoms with E-state index in [0.29, 0.717) is 0 Å². The highest BCUT2D eigenvalue weighted by Crippen LogP contribution is 2.05. The molecular formula is C6H8BNS. The Bertz CT molecular complexity index is 202. The van der Waals surface area contributed by atoms with Gasteiger partial charge in [-0.25, -0.2) is 0 Å². The summed E-state index contributed by atoms with van der Waals surface area (Å²) in [5.74, 6) is 0. The van der Waals surface area contributed by atoms with Crippen molar-refractivity contribution in [3.63, 3.8) is 0 Å². The number of hydrogen-bond acceptors (Lipinski definition) is 2. The van der Waals surface area contributed by atoms with E-state index in [9.17, 15) is 0 Å². The van der Waals surface area contributed by atoms with E-state index >= 15 is 0 Å². The molecule has 0 aliphatic heterocycles. The Morgan fingerprint density at radius 3 is 2.44 bits per heavy atom. The van der Waals surface area contributed by atoms with E-state index in [2.05, 4.69) is 13.9 Å². The first-order chi connectivity index (χ1) is 4.34. The van der Waals surface area contributed by atoms with Crippen LogP contribution in [0.15, 0.2) is 29.2 Å². The molecule has 0 saturated heterocycles. The molecule has 9 heavy (non-hydrogen) atoms. The highest BCUT2D eigenvalue weighted by Gasteiger charge is 1.90. The topological polar surface area (TPSA) is 26.0 Å². The van der Waals surface area contributed by atoms with Crippen molar-refractivity contribution < 1.29 is 0 Å². The van der Waals surface area contributed by atoms with Gasteiger partial charge in [-0.3, -0.25) is 5.14 Å². The lowest BCUT2D eigenvalue weighted by Gasteiger charge is -1.97. The molecule has 0 atom stereocenters. The van der Waals surface area contributed by atoms with E-state index in [0.717, 1.165) is 4.90 Å². The second-order valence-electron chi connectivity index (χ2n) is 1.88. The van der Waals surface area contributed by atoms with Gasteiger partial charge in [0, 0.05) is 4.90 Å². The average Bonchev–Trinajstić information content (AvgIpc) is 1.89. The molecule has 0 spiro atoms. The molecule has 0 saturated carbocycles. The third-order valence-corrected chi connectivity index (χ3v) is 1.93. The van der Waals surface area contributed by atoms with Crippen molar-refractivity contribution >= 4 is 25.3 Å². The van der Waals surface area contributed by atoms with Crippen molar-refractivity contribution in [3.8, 4) is 0 Å². The molecule has 0 aliphatic carbocycles. The zero-order chi connectivity index (χ0) is 6.69. The first kappa shape index (κ1) is 6.71. The van der Waals surface area contributed by atoms with Gasteiger partial charge in [-0.2, -0.15) is 0 Å². The molecule has 0 fully saturated rings. The summed E-state index contributed by atoms with van der Waals surface area (Å²) in [6.07, 6.45) is 0. The standard InChI is InChI=1S/C6H8BNS/c7-5-3-1-2-4-6(5)9-8/h1-4H,7-8H2. The first-order valence-electron chi connectivity index (χ1n) is 2.77. The minimum Gasteiger partial charge on any atom is -0.274 e. The number of benzene rings is 1. The molecule has 0 heterocycles. The summed E-state index contributed by atoms with van der Waals surface area (Å²) in [6, 6.07) is 8.06. The van der Waals surface area contributed by atoms with Crippen LogP contribution < -0.4 is 10.6 Å². The maximum atomic E-state index is 5.37. The fraction of sp³-hybridized carbons (Fsp3) is 0. The maximum absolute atomic E-state index is 5.37. The fourth-order valence-corrected chi connectivity index (χ4v) is 1.10. The molecule has 0 unspecified atom stereocenters. The van der Waals surface area contributed by atoms with Gasteiger partial charge in [0.25, 0.3) is 0 Å². The lowest BCUT2D eigenvalue weighted by molar-refractivity contribution is 1.52. The molecule has 1 nitrogen and oxygen atoms in total. The van der Waals surface area contributed by atoms with Crippen LogP contribution in [0.4, 0.5) is 0 Å². The number of nitrogens with two attached hydrogens (primary N) is 1. The Kier molecular flexibility index (Phi) is 2.19. The average molecular weight is 137 g/mol. The Labute approximate surface area is 60.2 Å². The fourth-order valence-electron chi connectivity index (χ4n) is 0.689. The van der Waals surface area contributed by atoms with Crippen LogP contribution >= 0.6 is 11.9 Å². The summed E-state index contributed by atoms with van der Waals surface area (Å²) in [5.41, 5.74) is 1.24. The van der Waals surface area contributed by atoms with Gasteiger partial charge in [0.1, 0.15) is 7.85 Å². The molecule has 1 aromatic carbocycles. The summed E-state index contributed by atoms with van der Waals surface area (Å²) in [4.78, 5) is 1.15. The Morgan fingerprint density at radius 2 is 2.00 bits per heavy atom. The van der Waals surface area contributed by atoms with Gasteiger partial charge >= 0.3 is 0 Å². The Hall–Kier alpha value is -0.405. The molecule has 0 aromatic heterocycles. The lowest BCUT2D eigenvalue weighted by Crippen LogP contribution is -2.05. The molecule has 0 bridgehead atoms. The van der Waals surface area contributed by atoms with Crippen molar-refractivity contribution in [1.29, 1.82) is 0 Å². The van der Waals surface area contributed by atoms with Gasteiger partial charge < -0.3 is 0 Å². The monoisotopic (exact) mass is 137 g/mol. The van der Waals surface area contributed by atoms with Crippen LogP contribution in [0.2, 0.25) is 0 Å². The predicted molar refractivity (Wildman–Crippen MR) is 44.7 cm³/mol. The minimum absolute atomic E-state index is 1.15. The molecule has 46 valence electrons. The van der Waals surface area contributed by atoms with Gasteiger partial charge in [-0.15, -0.1) is 0 Å². The van der Waals surface area contributed by atoms with Gasteiger partial charge in [-0.05, 0) is 18.0 Å². The highest BCUT2D eigenvalue weighted by atomic mass is 32.2. The first-order valence-corrected chi connectivity index (χ1v) is 3.65. The van der Waals surface area contributed by atoms with E-state index in [1.165, 1.54) is 17.4 Å². The predicted octanol–water partition coefficient (Wildman–Crippen LogP) is -0.0892. The van der Waals surface area contributed by atoms with E-state index in [1.54, 1.807) is 0 Å². The second-order valence-corrected chi connectivity index (χ2v) is 2.56. The van der Waals surface area contributed by atoms with Crippen LogP contribution in [0.5, 0.6) is 0 Å². The van der Waals surface area contributed by atoms with Gasteiger partial charge in [0.05, 0.1) is 0 Å². The molecule has 0 radical (unpaired) electrons. The van der Waals surface area contributed by atoms with Crippen LogP contribution in [0, 0.1) is 0 Å². The van der Waals surface area contributed by atoms with Gasteiger partial charge in [0.15, 0.2) is 0 Å². The van der Waals surface area contributed by atoms with E-state index < -0.39 is 0 Å². The molecule has 1 aromatic rings. The summed E-state index contributed by atoms with van der Waals surface area (Å²) >= 11 is 1.30. The number of rotatable bonds is 1. The smallest absolute Gasteiger partial charge is 0.140 e. The van der Waals surface area contributed by atoms with Crippen molar-refractivity contribution in [2.24, 2.45) is 5.14 Å². The SMILES string of the molecule is Bc1ccccc1SN. The Balaban J connectivity index is 3.01. The van der Waals surface area contributed by atoms with E-state index in [1.807, 2.05) is 18.2 Å². The third kappa shape index (κ3) is 1.50. The molecular weight excluding hydrogens is 129 g/mol. The zero-order valence-corrected chi connectivity index (χ0v) is 6.11. The number of hydrogen-bond donors (Lipinski definition) is 1. The normalized spacial score (nSPS) is 9.44. The maximum Gasteiger partial charge on any atom is 0.140 e. The van der Waals surface area contributed by atoms with Crippen molar-refractivity contribution in [1.82, 2.24) is 0 Å². The van der Waals surface area contributed by atoms with Crippen molar-refractivity contribution in [2.45, 2.75) is 4.90 Å². The highest BCUT2D eigenvalue weighted by molar-refractivity contribution is 7.97. The van der Waals surface area contributed by atoms with E-state index in [-0.39, 0.29) is 0 Å². The molecule has 3 heteroatoms. The van der Waals surface area contributed by atoms with Crippen LogP contribution in [0.3, 0.4) is 0 Å². The lowest BCUT2D eigenvalue weighted by atomic mass is 9.97. The van der Waals surface area contributed by atoms with Gasteiger partial charge in [-0.1, -0.05) is 23.7 Å². The van der Waals surface area contributed by atoms with Crippen molar-refractivity contribution in [3.05, 3.63) is 24.3 Å². The molecule has 0 amide bonds. The summed E-state index contributed by atoms with van der Waals surface area (Å²) in [7, 11) is 2.05. The van der Waals surface area contributed by atoms with Crippen LogP contribution in [0.25, 0.3) is 0 Å². The largest absolute Gasteiger partial charge is 0.274 e. The second kappa shape index (κ2) is 2.94. The zero-order valence-electron chi connectivity index (χ0n) is 5.29. The minimum atomic E-state index is 1.15. The van der Waals surface area contributed by atoms with Crippen LogP contribution in [-0.4, -0.2) is 7.85 Å². The van der Waals surface area contributed by atoms with Gasteiger partial charge in [0.2, 0.25) is 0 Å². The van der Waals surface area contributed by atoms with E-state index in [4.69, 9.17) is 5.14 Å². The molecule has 0 aliphatic rings. The molecule has 2 N–H and O–H groups in total. The van der Waals surface area contributed by atoms with Crippen LogP contribution in [0.1, 0.15) is 0 Å². The third-order valence-electron chi connectivity index (χ3n) is 1.22. The summed E-state index contributed by atoms with van der Waals surface area (Å²) in [5, 5.41) is 5.37. The Morgan fingerprint density at radius 1 is 1.33 bits per heavy atom. The summed E-state index contributed by atoms with van der Waals surface area (Å²) < 4.78 is 0. The quantitative estimate of drug-likeness (QED) is 0.432. The summed E-state index contributed by atoms with van der Waals surface area (Å²) in [6.45, 7) is 0. The van der Waals surface area contributed by atoms with Crippen LogP contribution in [-0.2, 0) is 0 Å². The molecule has 1 rings (SSSR count).